The Morgan fingerprint density at radius 3 is 2.38 bits per heavy atom. The average Bonchev–Trinajstić information content (AvgIpc) is 3.14. The number of carbonyl (C=O) groups is 2. The van der Waals surface area contributed by atoms with Gasteiger partial charge in [-0.2, -0.15) is 13.2 Å². The van der Waals surface area contributed by atoms with Gasteiger partial charge in [0.15, 0.2) is 0 Å². The van der Waals surface area contributed by atoms with Crippen molar-refractivity contribution in [2.45, 2.75) is 51.0 Å². The third-order valence-corrected chi connectivity index (χ3v) is 8.37. The lowest BCUT2D eigenvalue weighted by Gasteiger charge is -2.49. The molecule has 1 aliphatic carbocycles. The highest BCUT2D eigenvalue weighted by Crippen LogP contribution is 2.47. The molecule has 0 bridgehead atoms. The van der Waals surface area contributed by atoms with Crippen molar-refractivity contribution >= 4 is 11.9 Å². The minimum atomic E-state index is -4.72. The van der Waals surface area contributed by atoms with Gasteiger partial charge in [-0.15, -0.1) is 0 Å². The Morgan fingerprint density at radius 1 is 1.10 bits per heavy atom. The van der Waals surface area contributed by atoms with Crippen LogP contribution in [0, 0.1) is 23.1 Å². The molecule has 2 saturated heterocycles. The monoisotopic (exact) mass is 553 g/mol. The van der Waals surface area contributed by atoms with Gasteiger partial charge in [0.25, 0.3) is 0 Å². The van der Waals surface area contributed by atoms with Crippen LogP contribution in [0.3, 0.4) is 0 Å². The van der Waals surface area contributed by atoms with E-state index in [1.54, 1.807) is 9.80 Å². The van der Waals surface area contributed by atoms with Crippen molar-refractivity contribution in [1.29, 1.82) is 0 Å². The van der Waals surface area contributed by atoms with E-state index in [9.17, 15) is 37.4 Å². The van der Waals surface area contributed by atoms with E-state index in [1.165, 1.54) is 11.9 Å². The van der Waals surface area contributed by atoms with Crippen LogP contribution in [0.25, 0.3) is 0 Å². The first-order valence-corrected chi connectivity index (χ1v) is 13.2. The van der Waals surface area contributed by atoms with Crippen molar-refractivity contribution < 1.29 is 37.4 Å². The standard InChI is InChI=1S/C28H35F4N3O4/c1-18-5-3-4-6-22(18)24-23-16-27(7-11-36,8-12-37)25(38)34(23)9-10-35(24)26(39)33(2)17-19-13-20(28(30,31)32)15-21(29)14-19/h3-6,13-15,18,22-24,36-37H,7-12,16-17H2,1-2H3. The number of fused-ring (bicyclic) bond motifs is 1. The molecule has 214 valence electrons. The number of amides is 3. The largest absolute Gasteiger partial charge is 0.416 e. The molecule has 1 aromatic rings. The first kappa shape index (κ1) is 29.1. The number of benzene rings is 1. The lowest BCUT2D eigenvalue weighted by molar-refractivity contribution is -0.140. The van der Waals surface area contributed by atoms with E-state index in [0.717, 1.165) is 12.1 Å². The molecule has 1 aromatic carbocycles. The summed E-state index contributed by atoms with van der Waals surface area (Å²) in [5, 5.41) is 19.5. The Labute approximate surface area is 225 Å². The first-order valence-electron chi connectivity index (χ1n) is 13.2. The summed E-state index contributed by atoms with van der Waals surface area (Å²) in [6, 6.07) is 1.02. The predicted molar refractivity (Wildman–Crippen MR) is 136 cm³/mol. The van der Waals surface area contributed by atoms with Gasteiger partial charge in [0, 0.05) is 45.8 Å². The van der Waals surface area contributed by atoms with Gasteiger partial charge < -0.3 is 24.9 Å². The summed E-state index contributed by atoms with van der Waals surface area (Å²) >= 11 is 0. The van der Waals surface area contributed by atoms with Crippen LogP contribution in [0.1, 0.15) is 37.3 Å². The summed E-state index contributed by atoms with van der Waals surface area (Å²) in [7, 11) is 1.46. The molecule has 7 nitrogen and oxygen atoms in total. The molecular formula is C28H35F4N3O4. The van der Waals surface area contributed by atoms with E-state index in [0.29, 0.717) is 12.5 Å². The minimum Gasteiger partial charge on any atom is -0.396 e. The van der Waals surface area contributed by atoms with Crippen molar-refractivity contribution in [3.63, 3.8) is 0 Å². The van der Waals surface area contributed by atoms with Crippen molar-refractivity contribution in [2.75, 3.05) is 33.4 Å². The van der Waals surface area contributed by atoms with Gasteiger partial charge in [-0.25, -0.2) is 9.18 Å². The number of nitrogens with zero attached hydrogens (tertiary/aromatic N) is 3. The number of piperazine rings is 1. The molecule has 39 heavy (non-hydrogen) atoms. The molecule has 2 fully saturated rings. The second kappa shape index (κ2) is 11.3. The molecule has 2 N–H and O–H groups in total. The number of urea groups is 1. The van der Waals surface area contributed by atoms with Crippen LogP contribution >= 0.6 is 0 Å². The second-order valence-electron chi connectivity index (χ2n) is 10.9. The molecule has 0 radical (unpaired) electrons. The van der Waals surface area contributed by atoms with E-state index in [-0.39, 0.29) is 75.0 Å². The molecule has 2 heterocycles. The predicted octanol–water partition coefficient (Wildman–Crippen LogP) is 3.81. The highest BCUT2D eigenvalue weighted by molar-refractivity contribution is 5.86. The molecule has 4 atom stereocenters. The molecule has 0 aromatic heterocycles. The fraction of sp³-hybridized carbons (Fsp3) is 0.571. The number of rotatable bonds is 7. The third-order valence-electron chi connectivity index (χ3n) is 8.37. The fourth-order valence-corrected chi connectivity index (χ4v) is 6.48. The second-order valence-corrected chi connectivity index (χ2v) is 10.9. The zero-order valence-corrected chi connectivity index (χ0v) is 22.1. The Bertz CT molecular complexity index is 1130. The van der Waals surface area contributed by atoms with Gasteiger partial charge in [0.1, 0.15) is 5.82 Å². The summed E-state index contributed by atoms with van der Waals surface area (Å²) in [4.78, 5) is 32.1. The minimum absolute atomic E-state index is 0.0168. The Balaban J connectivity index is 1.64. The van der Waals surface area contributed by atoms with Crippen molar-refractivity contribution in [1.82, 2.24) is 14.7 Å². The maximum atomic E-state index is 14.0. The van der Waals surface area contributed by atoms with Crippen LogP contribution in [-0.2, 0) is 17.5 Å². The van der Waals surface area contributed by atoms with Crippen molar-refractivity contribution in [3.05, 3.63) is 59.4 Å². The van der Waals surface area contributed by atoms with E-state index in [2.05, 4.69) is 0 Å². The van der Waals surface area contributed by atoms with E-state index in [4.69, 9.17) is 0 Å². The van der Waals surface area contributed by atoms with E-state index >= 15 is 0 Å². The van der Waals surface area contributed by atoms with Gasteiger partial charge in [0.2, 0.25) is 5.91 Å². The number of aliphatic hydroxyl groups is 2. The van der Waals surface area contributed by atoms with Gasteiger partial charge >= 0.3 is 12.2 Å². The highest BCUT2D eigenvalue weighted by atomic mass is 19.4. The Kier molecular flexibility index (Phi) is 8.41. The molecule has 4 unspecified atom stereocenters. The molecule has 0 saturated carbocycles. The van der Waals surface area contributed by atoms with Crippen LogP contribution in [0.5, 0.6) is 0 Å². The topological polar surface area (TPSA) is 84.3 Å². The molecule has 3 aliphatic rings. The molecule has 0 spiro atoms. The average molecular weight is 554 g/mol. The van der Waals surface area contributed by atoms with Crippen LogP contribution < -0.4 is 0 Å². The van der Waals surface area contributed by atoms with Gasteiger partial charge in [-0.05, 0) is 48.9 Å². The Morgan fingerprint density at radius 2 is 1.77 bits per heavy atom. The smallest absolute Gasteiger partial charge is 0.396 e. The van der Waals surface area contributed by atoms with Crippen LogP contribution in [0.4, 0.5) is 22.4 Å². The fourth-order valence-electron chi connectivity index (χ4n) is 6.48. The quantitative estimate of drug-likeness (QED) is 0.503. The van der Waals surface area contributed by atoms with Crippen molar-refractivity contribution in [3.8, 4) is 0 Å². The van der Waals surface area contributed by atoms with Crippen LogP contribution in [-0.4, -0.2) is 82.3 Å². The molecular weight excluding hydrogens is 518 g/mol. The number of hydrogen-bond donors (Lipinski definition) is 2. The molecule has 2 aliphatic heterocycles. The van der Waals surface area contributed by atoms with Crippen molar-refractivity contribution in [2.24, 2.45) is 17.3 Å². The first-order chi connectivity index (χ1) is 18.4. The van der Waals surface area contributed by atoms with Gasteiger partial charge in [0.05, 0.1) is 23.1 Å². The molecule has 11 heteroatoms. The number of alkyl halides is 3. The number of hydrogen-bond acceptors (Lipinski definition) is 4. The summed E-state index contributed by atoms with van der Waals surface area (Å²) < 4.78 is 53.7. The zero-order valence-electron chi connectivity index (χ0n) is 22.1. The number of halogens is 4. The highest BCUT2D eigenvalue weighted by Gasteiger charge is 2.57. The van der Waals surface area contributed by atoms with Gasteiger partial charge in [-0.3, -0.25) is 4.79 Å². The summed E-state index contributed by atoms with van der Waals surface area (Å²) in [5.41, 5.74) is -2.03. The van der Waals surface area contributed by atoms with Gasteiger partial charge in [-0.1, -0.05) is 31.2 Å². The zero-order chi connectivity index (χ0) is 28.5. The summed E-state index contributed by atoms with van der Waals surface area (Å²) in [6.07, 6.45) is 3.90. The lowest BCUT2D eigenvalue weighted by atomic mass is 9.74. The number of allylic oxidation sites excluding steroid dienone is 3. The number of carbonyl (C=O) groups excluding carboxylic acids is 2. The SMILES string of the molecule is CC1C=CC=CC1C1C2CC(CCO)(CCO)C(=O)N2CCN1C(=O)N(C)Cc1cc(F)cc(C(F)(F)F)c1. The molecule has 3 amide bonds. The van der Waals surface area contributed by atoms with Crippen LogP contribution in [0.2, 0.25) is 0 Å². The number of aliphatic hydroxyl groups excluding tert-OH is 2. The Hall–Kier alpha value is -2.92. The van der Waals surface area contributed by atoms with Crippen LogP contribution in [0.15, 0.2) is 42.5 Å². The summed E-state index contributed by atoms with van der Waals surface area (Å²) in [5.74, 6) is -1.27. The maximum absolute atomic E-state index is 14.0. The normalized spacial score (nSPS) is 26.2. The lowest BCUT2D eigenvalue weighted by Crippen LogP contribution is -2.64. The maximum Gasteiger partial charge on any atom is 0.416 e. The van der Waals surface area contributed by atoms with E-state index < -0.39 is 35.0 Å². The van der Waals surface area contributed by atoms with E-state index in [1.807, 2.05) is 31.2 Å². The third kappa shape index (κ3) is 5.70. The molecule has 4 rings (SSSR count). The summed E-state index contributed by atoms with van der Waals surface area (Å²) in [6.45, 7) is 1.84.